The van der Waals surface area contributed by atoms with Gasteiger partial charge in [0.15, 0.2) is 0 Å². The van der Waals surface area contributed by atoms with Crippen LogP contribution in [0, 0.1) is 0 Å². The number of rotatable bonds is 3. The summed E-state index contributed by atoms with van der Waals surface area (Å²) in [5, 5.41) is 2.41. The lowest BCUT2D eigenvalue weighted by molar-refractivity contribution is 0.590. The Hall–Kier alpha value is -0.133. The highest BCUT2D eigenvalue weighted by atomic mass is 31.1. The molecule has 0 saturated carbocycles. The van der Waals surface area contributed by atoms with E-state index in [0.29, 0.717) is 10.3 Å². The molecule has 0 atom stereocenters. The molecule has 0 amide bonds. The molecule has 0 aromatic heterocycles. The average molecular weight is 350 g/mol. The summed E-state index contributed by atoms with van der Waals surface area (Å²) >= 11 is 0. The van der Waals surface area contributed by atoms with Crippen LogP contribution in [0.1, 0.15) is 73.4 Å². The lowest BCUT2D eigenvalue weighted by atomic mass is 9.86. The normalized spacial score (nSPS) is 14.0. The zero-order valence-electron chi connectivity index (χ0n) is 17.4. The molecule has 2 heteroatoms. The molecule has 1 aromatic carbocycles. The van der Waals surface area contributed by atoms with Crippen LogP contribution in [0.4, 0.5) is 0 Å². The molecule has 0 aliphatic heterocycles. The number of benzene rings is 1. The van der Waals surface area contributed by atoms with Crippen LogP contribution in [-0.4, -0.2) is 19.1 Å². The van der Waals surface area contributed by atoms with Gasteiger partial charge in [-0.05, 0) is 33.0 Å². The lowest BCUT2D eigenvalue weighted by Gasteiger charge is -2.42. The first-order valence-corrected chi connectivity index (χ1v) is 12.9. The minimum Gasteiger partial charge on any atom is -0.0911 e. The summed E-state index contributed by atoms with van der Waals surface area (Å²) < 4.78 is 0. The van der Waals surface area contributed by atoms with Crippen molar-refractivity contribution in [3.8, 4) is 0 Å². The molecule has 0 bridgehead atoms. The van der Waals surface area contributed by atoms with E-state index in [1.165, 1.54) is 11.7 Å². The molecule has 0 N–H and O–H groups in total. The smallest absolute Gasteiger partial charge is 0.0795 e. The quantitative estimate of drug-likeness (QED) is 0.430. The van der Waals surface area contributed by atoms with Gasteiger partial charge in [0.1, 0.15) is 0 Å². The van der Waals surface area contributed by atoms with E-state index in [-0.39, 0.29) is 13.3 Å². The van der Waals surface area contributed by atoms with Gasteiger partial charge in [-0.2, -0.15) is 0 Å². The van der Waals surface area contributed by atoms with Crippen LogP contribution in [0.2, 0.25) is 13.1 Å². The standard InChI is InChI=1S/C21H38PSi/c1-19(2,3)17-12-13-18(23(10)11)16(14-17)15-22(20(4,5)6)21(7,8)9/h12-14H,15H2,1-11H3. The second-order valence-corrected chi connectivity index (χ2v) is 16.4. The molecule has 131 valence electrons. The van der Waals surface area contributed by atoms with Gasteiger partial charge in [0, 0.05) is 0 Å². The van der Waals surface area contributed by atoms with Crippen LogP contribution in [0.25, 0.3) is 0 Å². The van der Waals surface area contributed by atoms with E-state index in [1.54, 1.807) is 10.8 Å². The summed E-state index contributed by atoms with van der Waals surface area (Å²) in [6, 6.07) is 7.33. The predicted octanol–water partition coefficient (Wildman–Crippen LogP) is 6.52. The van der Waals surface area contributed by atoms with Gasteiger partial charge in [0.05, 0.1) is 8.80 Å². The van der Waals surface area contributed by atoms with Crippen molar-refractivity contribution in [3.63, 3.8) is 0 Å². The van der Waals surface area contributed by atoms with E-state index in [0.717, 1.165) is 0 Å². The Morgan fingerprint density at radius 3 is 1.65 bits per heavy atom. The first kappa shape index (κ1) is 20.9. The van der Waals surface area contributed by atoms with Crippen LogP contribution in [0.15, 0.2) is 18.2 Å². The molecule has 0 aliphatic carbocycles. The van der Waals surface area contributed by atoms with Crippen molar-refractivity contribution < 1.29 is 0 Å². The SMILES string of the molecule is C[Si](C)c1ccc(C(C)(C)C)cc1CP(C(C)(C)C)C(C)(C)C. The van der Waals surface area contributed by atoms with Crippen molar-refractivity contribution in [2.45, 2.75) is 97.3 Å². The molecule has 0 nitrogen and oxygen atoms in total. The first-order valence-electron chi connectivity index (χ1n) is 8.86. The summed E-state index contributed by atoms with van der Waals surface area (Å²) in [6.45, 7) is 26.4. The number of hydrogen-bond donors (Lipinski definition) is 0. The third-order valence-electron chi connectivity index (χ3n) is 4.46. The summed E-state index contributed by atoms with van der Waals surface area (Å²) in [5.41, 5.74) is 3.35. The molecule has 1 rings (SSSR count). The average Bonchev–Trinajstić information content (AvgIpc) is 2.31. The van der Waals surface area contributed by atoms with Crippen molar-refractivity contribution >= 4 is 21.9 Å². The van der Waals surface area contributed by atoms with Crippen LogP contribution >= 0.6 is 7.92 Å². The van der Waals surface area contributed by atoms with E-state index in [9.17, 15) is 0 Å². The fourth-order valence-corrected chi connectivity index (χ4v) is 8.26. The van der Waals surface area contributed by atoms with Crippen molar-refractivity contribution in [3.05, 3.63) is 29.3 Å². The minimum atomic E-state index is -0.428. The maximum Gasteiger partial charge on any atom is 0.0795 e. The summed E-state index contributed by atoms with van der Waals surface area (Å²) in [4.78, 5) is 0. The van der Waals surface area contributed by atoms with Gasteiger partial charge >= 0.3 is 0 Å². The highest BCUT2D eigenvalue weighted by molar-refractivity contribution is 7.60. The summed E-state index contributed by atoms with van der Waals surface area (Å²) in [7, 11) is -0.520. The van der Waals surface area contributed by atoms with Crippen LogP contribution in [-0.2, 0) is 11.6 Å². The Balaban J connectivity index is 3.38. The van der Waals surface area contributed by atoms with Gasteiger partial charge in [-0.3, -0.25) is 0 Å². The zero-order chi connectivity index (χ0) is 18.2. The van der Waals surface area contributed by atoms with Crippen LogP contribution in [0.3, 0.4) is 0 Å². The van der Waals surface area contributed by atoms with E-state index in [2.05, 4.69) is 93.6 Å². The predicted molar refractivity (Wildman–Crippen MR) is 112 cm³/mol. The van der Waals surface area contributed by atoms with E-state index >= 15 is 0 Å². The minimum absolute atomic E-state index is 0.0920. The Morgan fingerprint density at radius 2 is 1.30 bits per heavy atom. The fourth-order valence-electron chi connectivity index (χ4n) is 3.33. The van der Waals surface area contributed by atoms with Crippen LogP contribution < -0.4 is 5.19 Å². The second-order valence-electron chi connectivity index (χ2n) is 10.0. The molecule has 0 heterocycles. The zero-order valence-corrected chi connectivity index (χ0v) is 19.3. The van der Waals surface area contributed by atoms with E-state index < -0.39 is 8.80 Å². The molecule has 23 heavy (non-hydrogen) atoms. The molecule has 0 saturated heterocycles. The molecule has 1 radical (unpaired) electrons. The van der Waals surface area contributed by atoms with Gasteiger partial charge in [-0.1, -0.05) is 107 Å². The van der Waals surface area contributed by atoms with Crippen molar-refractivity contribution in [2.75, 3.05) is 0 Å². The maximum atomic E-state index is 2.53. The van der Waals surface area contributed by atoms with Crippen molar-refractivity contribution in [1.29, 1.82) is 0 Å². The van der Waals surface area contributed by atoms with E-state index in [1.807, 2.05) is 0 Å². The van der Waals surface area contributed by atoms with Crippen molar-refractivity contribution in [1.82, 2.24) is 0 Å². The van der Waals surface area contributed by atoms with Gasteiger partial charge in [0.2, 0.25) is 0 Å². The fraction of sp³-hybridized carbons (Fsp3) is 0.714. The summed E-state index contributed by atoms with van der Waals surface area (Å²) in [5.74, 6) is 0. The Labute approximate surface area is 148 Å². The first-order chi connectivity index (χ1) is 10.1. The maximum absolute atomic E-state index is 2.53. The highest BCUT2D eigenvalue weighted by Gasteiger charge is 2.34. The molecule has 0 spiro atoms. The molecular formula is C21H38PSi. The topological polar surface area (TPSA) is 0 Å². The van der Waals surface area contributed by atoms with Gasteiger partial charge in [-0.15, -0.1) is 0 Å². The van der Waals surface area contributed by atoms with Gasteiger partial charge < -0.3 is 0 Å². The van der Waals surface area contributed by atoms with E-state index in [4.69, 9.17) is 0 Å². The Kier molecular flexibility index (Phi) is 6.37. The Morgan fingerprint density at radius 1 is 0.826 bits per heavy atom. The molecule has 1 aromatic rings. The monoisotopic (exact) mass is 349 g/mol. The third kappa shape index (κ3) is 5.71. The van der Waals surface area contributed by atoms with Crippen molar-refractivity contribution in [2.24, 2.45) is 0 Å². The molecule has 0 aliphatic rings. The van der Waals surface area contributed by atoms with Gasteiger partial charge in [0.25, 0.3) is 0 Å². The molecular weight excluding hydrogens is 311 g/mol. The lowest BCUT2D eigenvalue weighted by Crippen LogP contribution is -2.31. The highest BCUT2D eigenvalue weighted by Crippen LogP contribution is 2.61. The summed E-state index contributed by atoms with van der Waals surface area (Å²) in [6.07, 6.45) is 1.26. The van der Waals surface area contributed by atoms with Crippen LogP contribution in [0.5, 0.6) is 0 Å². The molecule has 0 fully saturated rings. The van der Waals surface area contributed by atoms with Gasteiger partial charge in [-0.25, -0.2) is 0 Å². The third-order valence-corrected chi connectivity index (χ3v) is 9.92. The number of hydrogen-bond acceptors (Lipinski definition) is 0. The molecule has 0 unspecified atom stereocenters. The largest absolute Gasteiger partial charge is 0.0911 e. The Bertz CT molecular complexity index is 510. The second kappa shape index (κ2) is 7.01.